The average Bonchev–Trinajstić information content (AvgIpc) is 2.56. The van der Waals surface area contributed by atoms with Crippen LogP contribution < -0.4 is 5.32 Å². The molecule has 2 rings (SSSR count). The van der Waals surface area contributed by atoms with Crippen LogP contribution in [0.15, 0.2) is 24.4 Å². The van der Waals surface area contributed by atoms with Crippen LogP contribution in [0.25, 0.3) is 0 Å². The number of nitrogens with zero attached hydrogens (tertiary/aromatic N) is 3. The van der Waals surface area contributed by atoms with Gasteiger partial charge in [0.05, 0.1) is 5.69 Å². The average molecular weight is 322 g/mol. The van der Waals surface area contributed by atoms with Crippen molar-refractivity contribution in [1.29, 1.82) is 0 Å². The van der Waals surface area contributed by atoms with Crippen LogP contribution >= 0.6 is 11.8 Å². The lowest BCUT2D eigenvalue weighted by atomic mass is 10.2. The highest BCUT2D eigenvalue weighted by Crippen LogP contribution is 2.08. The third kappa shape index (κ3) is 5.18. The second kappa shape index (κ2) is 9.00. The van der Waals surface area contributed by atoms with E-state index in [0.29, 0.717) is 0 Å². The fourth-order valence-corrected chi connectivity index (χ4v) is 3.28. The Morgan fingerprint density at radius 3 is 2.73 bits per heavy atom. The van der Waals surface area contributed by atoms with Gasteiger partial charge in [0.25, 0.3) is 0 Å². The van der Waals surface area contributed by atoms with Crippen LogP contribution in [0.3, 0.4) is 0 Å². The second-order valence-corrected chi connectivity index (χ2v) is 6.50. The molecule has 0 bridgehead atoms. The molecule has 122 valence electrons. The number of nitrogens with one attached hydrogen (secondary N) is 1. The van der Waals surface area contributed by atoms with Crippen LogP contribution in [0.5, 0.6) is 0 Å². The lowest BCUT2D eigenvalue weighted by Crippen LogP contribution is -2.53. The van der Waals surface area contributed by atoms with E-state index >= 15 is 0 Å². The van der Waals surface area contributed by atoms with Gasteiger partial charge in [-0.05, 0) is 24.8 Å². The Morgan fingerprint density at radius 1 is 1.36 bits per heavy atom. The molecule has 5 nitrogen and oxygen atoms in total. The molecule has 2 amide bonds. The minimum absolute atomic E-state index is 0.0818. The van der Waals surface area contributed by atoms with Crippen LogP contribution in [0.4, 0.5) is 4.79 Å². The standard InChI is InChI=1S/C16H26N4OS/c1-3-14(13-22-2)18-16(21)20-10-8-19(9-11-20)12-15-6-4-5-7-17-15/h4-7,14H,3,8-13H2,1-2H3,(H,18,21)/t14-/m1/s1. The molecule has 22 heavy (non-hydrogen) atoms. The summed E-state index contributed by atoms with van der Waals surface area (Å²) < 4.78 is 0. The molecule has 1 N–H and O–H groups in total. The highest BCUT2D eigenvalue weighted by atomic mass is 32.2. The van der Waals surface area contributed by atoms with Gasteiger partial charge in [0.1, 0.15) is 0 Å². The number of rotatable bonds is 6. The summed E-state index contributed by atoms with van der Waals surface area (Å²) in [7, 11) is 0. The van der Waals surface area contributed by atoms with Gasteiger partial charge in [-0.2, -0.15) is 11.8 Å². The van der Waals surface area contributed by atoms with Crippen molar-refractivity contribution in [3.05, 3.63) is 30.1 Å². The topological polar surface area (TPSA) is 48.5 Å². The van der Waals surface area contributed by atoms with Gasteiger partial charge in [-0.15, -0.1) is 0 Å². The first kappa shape index (κ1) is 17.1. The lowest BCUT2D eigenvalue weighted by molar-refractivity contribution is 0.133. The number of thioether (sulfide) groups is 1. The molecular weight excluding hydrogens is 296 g/mol. The van der Waals surface area contributed by atoms with Crippen LogP contribution in [-0.4, -0.2) is 65.0 Å². The van der Waals surface area contributed by atoms with Crippen molar-refractivity contribution in [1.82, 2.24) is 20.1 Å². The highest BCUT2D eigenvalue weighted by Gasteiger charge is 2.22. The molecule has 1 saturated heterocycles. The Labute approximate surface area is 137 Å². The van der Waals surface area contributed by atoms with Crippen molar-refractivity contribution < 1.29 is 4.79 Å². The fourth-order valence-electron chi connectivity index (χ4n) is 2.56. The van der Waals surface area contributed by atoms with E-state index in [2.05, 4.69) is 28.4 Å². The van der Waals surface area contributed by atoms with Gasteiger partial charge < -0.3 is 10.2 Å². The third-order valence-corrected chi connectivity index (χ3v) is 4.70. The molecule has 0 saturated carbocycles. The van der Waals surface area contributed by atoms with Crippen LogP contribution in [0.1, 0.15) is 19.0 Å². The fraction of sp³-hybridized carbons (Fsp3) is 0.625. The second-order valence-electron chi connectivity index (χ2n) is 5.59. The summed E-state index contributed by atoms with van der Waals surface area (Å²) in [5.41, 5.74) is 1.09. The molecule has 0 unspecified atom stereocenters. The largest absolute Gasteiger partial charge is 0.334 e. The van der Waals surface area contributed by atoms with E-state index in [9.17, 15) is 4.79 Å². The van der Waals surface area contributed by atoms with Crippen molar-refractivity contribution in [3.63, 3.8) is 0 Å². The lowest BCUT2D eigenvalue weighted by Gasteiger charge is -2.35. The van der Waals surface area contributed by atoms with Crippen molar-refractivity contribution in [2.24, 2.45) is 0 Å². The molecule has 1 aromatic rings. The van der Waals surface area contributed by atoms with Crippen molar-refractivity contribution in [2.45, 2.75) is 25.9 Å². The van der Waals surface area contributed by atoms with Gasteiger partial charge in [-0.3, -0.25) is 9.88 Å². The zero-order valence-corrected chi connectivity index (χ0v) is 14.3. The molecule has 1 aliphatic rings. The summed E-state index contributed by atoms with van der Waals surface area (Å²) in [5, 5.41) is 3.14. The summed E-state index contributed by atoms with van der Waals surface area (Å²) in [6.07, 6.45) is 4.88. The van der Waals surface area contributed by atoms with Gasteiger partial charge in [-0.25, -0.2) is 4.79 Å². The Morgan fingerprint density at radius 2 is 2.14 bits per heavy atom. The van der Waals surface area contributed by atoms with Crippen LogP contribution in [0, 0.1) is 0 Å². The number of piperazine rings is 1. The van der Waals surface area contributed by atoms with Gasteiger partial charge in [-0.1, -0.05) is 13.0 Å². The Hall–Kier alpha value is -1.27. The summed E-state index contributed by atoms with van der Waals surface area (Å²) in [4.78, 5) is 20.9. The maximum atomic E-state index is 12.3. The first-order valence-corrected chi connectivity index (χ1v) is 9.29. The first-order chi connectivity index (χ1) is 10.7. The summed E-state index contributed by atoms with van der Waals surface area (Å²) in [6, 6.07) is 6.35. The zero-order chi connectivity index (χ0) is 15.8. The first-order valence-electron chi connectivity index (χ1n) is 7.89. The number of carbonyl (C=O) groups excluding carboxylic acids is 1. The van der Waals surface area contributed by atoms with Gasteiger partial charge in [0.15, 0.2) is 0 Å². The minimum Gasteiger partial charge on any atom is -0.334 e. The van der Waals surface area contributed by atoms with Gasteiger partial charge in [0, 0.05) is 50.7 Å². The van der Waals surface area contributed by atoms with E-state index < -0.39 is 0 Å². The quantitative estimate of drug-likeness (QED) is 0.871. The maximum Gasteiger partial charge on any atom is 0.317 e. The molecule has 1 aromatic heterocycles. The van der Waals surface area contributed by atoms with E-state index in [1.54, 1.807) is 11.8 Å². The zero-order valence-electron chi connectivity index (χ0n) is 13.5. The summed E-state index contributed by atoms with van der Waals surface area (Å²) in [6.45, 7) is 6.36. The molecule has 1 aliphatic heterocycles. The van der Waals surface area contributed by atoms with E-state index in [1.807, 2.05) is 29.3 Å². The van der Waals surface area contributed by atoms with Crippen molar-refractivity contribution in [2.75, 3.05) is 38.2 Å². The number of aromatic nitrogens is 1. The Bertz CT molecular complexity index is 449. The predicted molar refractivity (Wildman–Crippen MR) is 92.1 cm³/mol. The Kier molecular flexibility index (Phi) is 6.99. The smallest absolute Gasteiger partial charge is 0.317 e. The summed E-state index contributed by atoms with van der Waals surface area (Å²) in [5.74, 6) is 0.974. The molecular formula is C16H26N4OS. The highest BCUT2D eigenvalue weighted by molar-refractivity contribution is 7.98. The number of hydrogen-bond donors (Lipinski definition) is 1. The van der Waals surface area contributed by atoms with E-state index in [4.69, 9.17) is 0 Å². The van der Waals surface area contributed by atoms with Crippen LogP contribution in [-0.2, 0) is 6.54 Å². The van der Waals surface area contributed by atoms with E-state index in [-0.39, 0.29) is 12.1 Å². The number of hydrogen-bond acceptors (Lipinski definition) is 4. The van der Waals surface area contributed by atoms with Crippen LogP contribution in [0.2, 0.25) is 0 Å². The van der Waals surface area contributed by atoms with E-state index in [1.165, 1.54) is 0 Å². The minimum atomic E-state index is 0.0818. The number of urea groups is 1. The molecule has 2 heterocycles. The number of carbonyl (C=O) groups is 1. The van der Waals surface area contributed by atoms with Crippen molar-refractivity contribution in [3.8, 4) is 0 Å². The maximum absolute atomic E-state index is 12.3. The third-order valence-electron chi connectivity index (χ3n) is 3.96. The van der Waals surface area contributed by atoms with Crippen molar-refractivity contribution >= 4 is 17.8 Å². The SMILES string of the molecule is CC[C@H](CSC)NC(=O)N1CCN(Cc2ccccn2)CC1. The molecule has 6 heteroatoms. The predicted octanol–water partition coefficient (Wildman–Crippen LogP) is 2.05. The normalized spacial score (nSPS) is 17.3. The molecule has 0 aliphatic carbocycles. The number of amides is 2. The van der Waals surface area contributed by atoms with Gasteiger partial charge >= 0.3 is 6.03 Å². The molecule has 0 aromatic carbocycles. The molecule has 0 spiro atoms. The Balaban J connectivity index is 1.75. The molecule has 0 radical (unpaired) electrons. The van der Waals surface area contributed by atoms with E-state index in [0.717, 1.165) is 50.6 Å². The molecule has 1 fully saturated rings. The monoisotopic (exact) mass is 322 g/mol. The number of pyridine rings is 1. The molecule has 1 atom stereocenters. The van der Waals surface area contributed by atoms with Gasteiger partial charge in [0.2, 0.25) is 0 Å². The summed E-state index contributed by atoms with van der Waals surface area (Å²) >= 11 is 1.78.